The van der Waals surface area contributed by atoms with Crippen molar-refractivity contribution in [3.05, 3.63) is 33.5 Å². The Bertz CT molecular complexity index is 763. The van der Waals surface area contributed by atoms with Crippen LogP contribution in [0.15, 0.2) is 17.1 Å². The van der Waals surface area contributed by atoms with E-state index in [4.69, 9.17) is 16.3 Å². The molecule has 2 aromatic heterocycles. The molecule has 0 aromatic carbocycles. The number of allylic oxidation sites excluding steroid dienone is 1. The number of aryl methyl sites for hydroxylation is 1. The first-order valence-corrected chi connectivity index (χ1v) is 6.84. The summed E-state index contributed by atoms with van der Waals surface area (Å²) >= 11 is 5.88. The molecular weight excluding hydrogens is 278 g/mol. The summed E-state index contributed by atoms with van der Waals surface area (Å²) in [5.41, 5.74) is 1.75. The smallest absolute Gasteiger partial charge is 0.293 e. The van der Waals surface area contributed by atoms with E-state index in [1.807, 2.05) is 19.1 Å². The van der Waals surface area contributed by atoms with Crippen LogP contribution in [0, 0.1) is 0 Å². The molecule has 3 rings (SSSR count). The fourth-order valence-corrected chi connectivity index (χ4v) is 2.20. The van der Waals surface area contributed by atoms with E-state index in [-0.39, 0.29) is 16.9 Å². The summed E-state index contributed by atoms with van der Waals surface area (Å²) < 4.78 is 7.28. The van der Waals surface area contributed by atoms with Crippen LogP contribution in [-0.4, -0.2) is 20.6 Å². The van der Waals surface area contributed by atoms with Crippen LogP contribution in [0.5, 0.6) is 5.75 Å². The van der Waals surface area contributed by atoms with Crippen LogP contribution in [0.1, 0.15) is 25.3 Å². The van der Waals surface area contributed by atoms with E-state index in [0.717, 1.165) is 12.8 Å². The minimum atomic E-state index is -0.177. The lowest BCUT2D eigenvalue weighted by Crippen LogP contribution is -2.22. The monoisotopic (exact) mass is 291 g/mol. The molecular formula is C14H14ClN3O2. The topological polar surface area (TPSA) is 57.0 Å². The van der Waals surface area contributed by atoms with Crippen LogP contribution in [-0.2, 0) is 7.05 Å². The van der Waals surface area contributed by atoms with Gasteiger partial charge >= 0.3 is 0 Å². The van der Waals surface area contributed by atoms with Crippen molar-refractivity contribution < 1.29 is 4.74 Å². The second-order valence-electron chi connectivity index (χ2n) is 4.80. The molecule has 20 heavy (non-hydrogen) atoms. The Balaban J connectivity index is 2.37. The van der Waals surface area contributed by atoms with E-state index >= 15 is 0 Å². The van der Waals surface area contributed by atoms with Crippen LogP contribution in [0.2, 0.25) is 5.28 Å². The number of nitrogens with zero attached hydrogens (tertiary/aromatic N) is 3. The molecule has 0 amide bonds. The lowest BCUT2D eigenvalue weighted by atomic mass is 10.1. The molecule has 0 spiro atoms. The number of aromatic nitrogens is 3. The largest absolute Gasteiger partial charge is 0.484 e. The third kappa shape index (κ3) is 2.18. The predicted molar refractivity (Wildman–Crippen MR) is 78.1 cm³/mol. The zero-order chi connectivity index (χ0) is 14.3. The van der Waals surface area contributed by atoms with Gasteiger partial charge in [-0.25, -0.2) is 9.97 Å². The molecule has 0 atom stereocenters. The number of halogens is 1. The Kier molecular flexibility index (Phi) is 3.22. The first-order valence-electron chi connectivity index (χ1n) is 6.46. The molecule has 6 heteroatoms. The summed E-state index contributed by atoms with van der Waals surface area (Å²) in [6.07, 6.45) is 7.35. The van der Waals surface area contributed by atoms with Gasteiger partial charge in [-0.05, 0) is 31.4 Å². The Morgan fingerprint density at radius 3 is 2.90 bits per heavy atom. The van der Waals surface area contributed by atoms with Gasteiger partial charge in [0.15, 0.2) is 5.75 Å². The summed E-state index contributed by atoms with van der Waals surface area (Å²) in [5, 5.41) is 0.152. The van der Waals surface area contributed by atoms with Gasteiger partial charge in [-0.15, -0.1) is 0 Å². The van der Waals surface area contributed by atoms with E-state index in [9.17, 15) is 4.79 Å². The summed E-state index contributed by atoms with van der Waals surface area (Å²) in [6.45, 7) is 1.88. The fourth-order valence-electron chi connectivity index (χ4n) is 2.07. The maximum atomic E-state index is 12.4. The maximum absolute atomic E-state index is 12.4. The lowest BCUT2D eigenvalue weighted by molar-refractivity contribution is 0.297. The standard InChI is InChI=1S/C14H14ClN3O2/c1-3-4-9-11-10(7-16-14(15)17-11)18(2)13(19)12(9)20-8-5-6-8/h3-4,7-8H,5-6H2,1-2H3/b4-3+. The van der Waals surface area contributed by atoms with Gasteiger partial charge < -0.3 is 9.30 Å². The van der Waals surface area contributed by atoms with Gasteiger partial charge in [0.25, 0.3) is 5.56 Å². The zero-order valence-corrected chi connectivity index (χ0v) is 12.0. The summed E-state index contributed by atoms with van der Waals surface area (Å²) in [6, 6.07) is 0. The highest BCUT2D eigenvalue weighted by molar-refractivity contribution is 6.28. The molecule has 1 fully saturated rings. The maximum Gasteiger partial charge on any atom is 0.293 e. The second kappa shape index (κ2) is 4.90. The molecule has 0 radical (unpaired) electrons. The Labute approximate surface area is 120 Å². The van der Waals surface area contributed by atoms with Crippen molar-refractivity contribution in [3.8, 4) is 5.75 Å². The van der Waals surface area contributed by atoms with Gasteiger partial charge in [-0.3, -0.25) is 4.79 Å². The molecule has 0 N–H and O–H groups in total. The van der Waals surface area contributed by atoms with E-state index in [1.165, 1.54) is 4.57 Å². The molecule has 1 saturated carbocycles. The third-order valence-corrected chi connectivity index (χ3v) is 3.42. The number of hydrogen-bond acceptors (Lipinski definition) is 4. The lowest BCUT2D eigenvalue weighted by Gasteiger charge is -2.13. The molecule has 0 saturated heterocycles. The molecule has 0 bridgehead atoms. The number of ether oxygens (including phenoxy) is 1. The van der Waals surface area contributed by atoms with Gasteiger partial charge in [-0.1, -0.05) is 12.2 Å². The van der Waals surface area contributed by atoms with E-state index in [1.54, 1.807) is 13.2 Å². The van der Waals surface area contributed by atoms with Crippen LogP contribution >= 0.6 is 11.6 Å². The Hall–Kier alpha value is -1.88. The average Bonchev–Trinajstić information content (AvgIpc) is 3.24. The number of pyridine rings is 1. The van der Waals surface area contributed by atoms with Crippen molar-refractivity contribution in [3.63, 3.8) is 0 Å². The van der Waals surface area contributed by atoms with Crippen molar-refractivity contribution in [1.82, 2.24) is 14.5 Å². The Morgan fingerprint density at radius 1 is 1.50 bits per heavy atom. The molecule has 5 nitrogen and oxygen atoms in total. The molecule has 2 heterocycles. The minimum absolute atomic E-state index is 0.140. The van der Waals surface area contributed by atoms with Gasteiger partial charge in [0.1, 0.15) is 5.52 Å². The molecule has 1 aliphatic rings. The summed E-state index contributed by atoms with van der Waals surface area (Å²) in [5.74, 6) is 0.343. The van der Waals surface area contributed by atoms with Gasteiger partial charge in [0.2, 0.25) is 5.28 Å². The highest BCUT2D eigenvalue weighted by Gasteiger charge is 2.27. The van der Waals surface area contributed by atoms with Crippen molar-refractivity contribution in [2.24, 2.45) is 7.05 Å². The highest BCUT2D eigenvalue weighted by Crippen LogP contribution is 2.30. The first kappa shape index (κ1) is 13.1. The van der Waals surface area contributed by atoms with Crippen molar-refractivity contribution >= 4 is 28.7 Å². The predicted octanol–water partition coefficient (Wildman–Crippen LogP) is 2.56. The fraction of sp³-hybridized carbons (Fsp3) is 0.357. The zero-order valence-electron chi connectivity index (χ0n) is 11.3. The summed E-state index contributed by atoms with van der Waals surface area (Å²) in [4.78, 5) is 20.6. The van der Waals surface area contributed by atoms with Gasteiger partial charge in [-0.2, -0.15) is 0 Å². The van der Waals surface area contributed by atoms with Crippen LogP contribution in [0.25, 0.3) is 17.1 Å². The average molecular weight is 292 g/mol. The van der Waals surface area contributed by atoms with Crippen molar-refractivity contribution in [1.29, 1.82) is 0 Å². The van der Waals surface area contributed by atoms with Crippen LogP contribution in [0.4, 0.5) is 0 Å². The minimum Gasteiger partial charge on any atom is -0.484 e. The molecule has 0 aliphatic heterocycles. The van der Waals surface area contributed by atoms with Gasteiger partial charge in [0.05, 0.1) is 23.4 Å². The van der Waals surface area contributed by atoms with E-state index in [2.05, 4.69) is 9.97 Å². The first-order chi connectivity index (χ1) is 9.61. The van der Waals surface area contributed by atoms with Crippen LogP contribution < -0.4 is 10.3 Å². The molecule has 2 aromatic rings. The molecule has 0 unspecified atom stereocenters. The molecule has 104 valence electrons. The Morgan fingerprint density at radius 2 is 2.25 bits per heavy atom. The van der Waals surface area contributed by atoms with Crippen LogP contribution in [0.3, 0.4) is 0 Å². The highest BCUT2D eigenvalue weighted by atomic mass is 35.5. The quantitative estimate of drug-likeness (QED) is 0.816. The number of hydrogen-bond donors (Lipinski definition) is 0. The normalized spacial score (nSPS) is 15.2. The third-order valence-electron chi connectivity index (χ3n) is 3.24. The second-order valence-corrected chi connectivity index (χ2v) is 5.14. The van der Waals surface area contributed by atoms with Crippen molar-refractivity contribution in [2.75, 3.05) is 0 Å². The summed E-state index contributed by atoms with van der Waals surface area (Å²) in [7, 11) is 1.68. The van der Waals surface area contributed by atoms with Gasteiger partial charge in [0, 0.05) is 7.05 Å². The molecule has 1 aliphatic carbocycles. The van der Waals surface area contributed by atoms with E-state index in [0.29, 0.717) is 22.3 Å². The number of fused-ring (bicyclic) bond motifs is 1. The number of rotatable bonds is 3. The SMILES string of the molecule is C/C=C/c1c(OC2CC2)c(=O)n(C)c2cnc(Cl)nc12. The van der Waals surface area contributed by atoms with E-state index < -0.39 is 0 Å². The van der Waals surface area contributed by atoms with Crippen molar-refractivity contribution in [2.45, 2.75) is 25.9 Å².